The summed E-state index contributed by atoms with van der Waals surface area (Å²) >= 11 is 6.14. The first-order valence-corrected chi connectivity index (χ1v) is 6.77. The van der Waals surface area contributed by atoms with Crippen LogP contribution in [0.15, 0.2) is 36.7 Å². The molecule has 0 aliphatic rings. The second-order valence-corrected chi connectivity index (χ2v) is 4.78. The number of nitrogens with one attached hydrogen (secondary N) is 2. The largest absolute Gasteiger partial charge is 0.319 e. The summed E-state index contributed by atoms with van der Waals surface area (Å²) in [7, 11) is 1.81. The zero-order valence-electron chi connectivity index (χ0n) is 11.7. The highest BCUT2D eigenvalue weighted by Crippen LogP contribution is 2.18. The van der Waals surface area contributed by atoms with E-state index >= 15 is 0 Å². The van der Waals surface area contributed by atoms with Crippen molar-refractivity contribution in [2.45, 2.75) is 13.0 Å². The minimum absolute atomic E-state index is 0. The first-order chi connectivity index (χ1) is 9.70. The molecule has 114 valence electrons. The Labute approximate surface area is 135 Å². The summed E-state index contributed by atoms with van der Waals surface area (Å²) in [5.74, 6) is 0.469. The summed E-state index contributed by atoms with van der Waals surface area (Å²) in [6, 6.07) is 7.62. The second-order valence-electron chi connectivity index (χ2n) is 4.37. The fourth-order valence-corrected chi connectivity index (χ4v) is 1.99. The lowest BCUT2D eigenvalue weighted by Gasteiger charge is -2.10. The zero-order valence-corrected chi connectivity index (χ0v) is 13.2. The number of aromatic nitrogens is 2. The van der Waals surface area contributed by atoms with Crippen molar-refractivity contribution in [1.82, 2.24) is 14.9 Å². The predicted octanol–water partition coefficient (Wildman–Crippen LogP) is 2.55. The van der Waals surface area contributed by atoms with Gasteiger partial charge in [-0.15, -0.1) is 12.4 Å². The number of nitrogens with zero attached hydrogens (tertiary/aromatic N) is 2. The molecule has 0 aliphatic carbocycles. The van der Waals surface area contributed by atoms with Crippen molar-refractivity contribution in [3.8, 4) is 0 Å². The van der Waals surface area contributed by atoms with Gasteiger partial charge in [0.2, 0.25) is 11.9 Å². The molecule has 0 spiro atoms. The summed E-state index contributed by atoms with van der Waals surface area (Å²) in [5.41, 5.74) is 0.984. The SMILES string of the molecule is CNCCC(=O)Nc1nccn1Cc1ccccc1Cl.Cl. The first-order valence-electron chi connectivity index (χ1n) is 6.39. The average molecular weight is 329 g/mol. The van der Waals surface area contributed by atoms with Crippen molar-refractivity contribution in [3.05, 3.63) is 47.2 Å². The quantitative estimate of drug-likeness (QED) is 0.856. The molecule has 21 heavy (non-hydrogen) atoms. The van der Waals surface area contributed by atoms with Gasteiger partial charge in [0.05, 0.1) is 6.54 Å². The van der Waals surface area contributed by atoms with Gasteiger partial charge in [0, 0.05) is 30.4 Å². The van der Waals surface area contributed by atoms with Gasteiger partial charge in [-0.3, -0.25) is 10.1 Å². The van der Waals surface area contributed by atoms with Crippen molar-refractivity contribution >= 4 is 35.9 Å². The number of hydrogen-bond donors (Lipinski definition) is 2. The van der Waals surface area contributed by atoms with E-state index in [1.165, 1.54) is 0 Å². The Balaban J connectivity index is 0.00000220. The van der Waals surface area contributed by atoms with Crippen molar-refractivity contribution in [2.75, 3.05) is 18.9 Å². The summed E-state index contributed by atoms with van der Waals surface area (Å²) in [6.07, 6.45) is 3.89. The van der Waals surface area contributed by atoms with Crippen LogP contribution in [0, 0.1) is 0 Å². The molecule has 7 heteroatoms. The van der Waals surface area contributed by atoms with Crippen molar-refractivity contribution in [3.63, 3.8) is 0 Å². The van der Waals surface area contributed by atoms with Crippen LogP contribution in [0.25, 0.3) is 0 Å². The van der Waals surface area contributed by atoms with Crippen LogP contribution in [0.5, 0.6) is 0 Å². The minimum atomic E-state index is -0.0639. The Morgan fingerprint density at radius 3 is 2.86 bits per heavy atom. The number of anilines is 1. The molecule has 0 saturated heterocycles. The van der Waals surface area contributed by atoms with Crippen LogP contribution < -0.4 is 10.6 Å². The summed E-state index contributed by atoms with van der Waals surface area (Å²) < 4.78 is 1.86. The smallest absolute Gasteiger partial charge is 0.227 e. The van der Waals surface area contributed by atoms with Gasteiger partial charge in [-0.05, 0) is 18.7 Å². The van der Waals surface area contributed by atoms with Crippen LogP contribution in [-0.4, -0.2) is 29.1 Å². The van der Waals surface area contributed by atoms with Crippen LogP contribution in [0.1, 0.15) is 12.0 Å². The molecule has 2 rings (SSSR count). The standard InChI is InChI=1S/C14H17ClN4O.ClH/c1-16-7-6-13(20)18-14-17-8-9-19(14)10-11-4-2-3-5-12(11)15;/h2-5,8-9,16H,6-7,10H2,1H3,(H,17,18,20);1H. The number of benzene rings is 1. The van der Waals surface area contributed by atoms with Gasteiger partial charge in [0.1, 0.15) is 0 Å². The minimum Gasteiger partial charge on any atom is -0.319 e. The molecule has 0 aliphatic heterocycles. The Morgan fingerprint density at radius 1 is 1.38 bits per heavy atom. The monoisotopic (exact) mass is 328 g/mol. The van der Waals surface area contributed by atoms with Gasteiger partial charge in [-0.1, -0.05) is 29.8 Å². The number of carbonyl (C=O) groups excluding carboxylic acids is 1. The summed E-state index contributed by atoms with van der Waals surface area (Å²) in [6.45, 7) is 1.21. The van der Waals surface area contributed by atoms with E-state index in [-0.39, 0.29) is 18.3 Å². The van der Waals surface area contributed by atoms with Crippen molar-refractivity contribution < 1.29 is 4.79 Å². The molecule has 5 nitrogen and oxygen atoms in total. The number of halogens is 2. The Morgan fingerprint density at radius 2 is 2.14 bits per heavy atom. The molecule has 2 N–H and O–H groups in total. The number of amides is 1. The topological polar surface area (TPSA) is 59.0 Å². The molecule has 1 aromatic carbocycles. The van der Waals surface area contributed by atoms with Crippen LogP contribution in [-0.2, 0) is 11.3 Å². The molecule has 0 saturated carbocycles. The summed E-state index contributed by atoms with van der Waals surface area (Å²) in [5, 5.41) is 6.43. The molecular weight excluding hydrogens is 311 g/mol. The molecule has 2 aromatic rings. The van der Waals surface area contributed by atoms with Crippen molar-refractivity contribution in [1.29, 1.82) is 0 Å². The van der Waals surface area contributed by atoms with Gasteiger partial charge < -0.3 is 9.88 Å². The third-order valence-corrected chi connectivity index (χ3v) is 3.24. The molecule has 0 atom stereocenters. The maximum Gasteiger partial charge on any atom is 0.227 e. The third-order valence-electron chi connectivity index (χ3n) is 2.87. The molecule has 0 bridgehead atoms. The van der Waals surface area contributed by atoms with Crippen LogP contribution in [0.2, 0.25) is 5.02 Å². The molecule has 1 heterocycles. The molecule has 1 aromatic heterocycles. The Bertz CT molecular complexity index is 586. The van der Waals surface area contributed by atoms with E-state index in [1.54, 1.807) is 6.20 Å². The van der Waals surface area contributed by atoms with E-state index in [0.29, 0.717) is 30.5 Å². The van der Waals surface area contributed by atoms with Gasteiger partial charge >= 0.3 is 0 Å². The van der Waals surface area contributed by atoms with Gasteiger partial charge in [0.25, 0.3) is 0 Å². The maximum atomic E-state index is 11.7. The first kappa shape index (κ1) is 17.5. The van der Waals surface area contributed by atoms with Gasteiger partial charge in [-0.2, -0.15) is 0 Å². The van der Waals surface area contributed by atoms with Gasteiger partial charge in [0.15, 0.2) is 0 Å². The zero-order chi connectivity index (χ0) is 14.4. The molecule has 0 radical (unpaired) electrons. The fourth-order valence-electron chi connectivity index (χ4n) is 1.80. The van der Waals surface area contributed by atoms with Gasteiger partial charge in [-0.25, -0.2) is 4.98 Å². The van der Waals surface area contributed by atoms with E-state index < -0.39 is 0 Å². The number of imidazole rings is 1. The van der Waals surface area contributed by atoms with E-state index in [0.717, 1.165) is 5.56 Å². The number of rotatable bonds is 6. The lowest BCUT2D eigenvalue weighted by molar-refractivity contribution is -0.116. The van der Waals surface area contributed by atoms with Crippen molar-refractivity contribution in [2.24, 2.45) is 0 Å². The Hall–Kier alpha value is -1.56. The normalized spacial score (nSPS) is 10.0. The van der Waals surface area contributed by atoms with Crippen LogP contribution >= 0.6 is 24.0 Å². The second kappa shape index (κ2) is 8.67. The Kier molecular flexibility index (Phi) is 7.22. The fraction of sp³-hybridized carbons (Fsp3) is 0.286. The van der Waals surface area contributed by atoms with E-state index in [2.05, 4.69) is 15.6 Å². The predicted molar refractivity (Wildman–Crippen MR) is 87.2 cm³/mol. The highest BCUT2D eigenvalue weighted by Gasteiger charge is 2.08. The van der Waals surface area contributed by atoms with E-state index in [4.69, 9.17) is 11.6 Å². The number of hydrogen-bond acceptors (Lipinski definition) is 3. The highest BCUT2D eigenvalue weighted by molar-refractivity contribution is 6.31. The van der Waals surface area contributed by atoms with Crippen LogP contribution in [0.3, 0.4) is 0 Å². The van der Waals surface area contributed by atoms with E-state index in [1.807, 2.05) is 42.1 Å². The lowest BCUT2D eigenvalue weighted by atomic mass is 10.2. The molecule has 1 amide bonds. The average Bonchev–Trinajstić information content (AvgIpc) is 2.86. The maximum absolute atomic E-state index is 11.7. The summed E-state index contributed by atoms with van der Waals surface area (Å²) in [4.78, 5) is 15.9. The van der Waals surface area contributed by atoms with E-state index in [9.17, 15) is 4.79 Å². The molecule has 0 fully saturated rings. The molecular formula is C14H18Cl2N4O. The molecule has 0 unspecified atom stereocenters. The lowest BCUT2D eigenvalue weighted by Crippen LogP contribution is -2.20. The third kappa shape index (κ3) is 5.04. The highest BCUT2D eigenvalue weighted by atomic mass is 35.5. The number of carbonyl (C=O) groups is 1. The van der Waals surface area contributed by atoms with Crippen LogP contribution in [0.4, 0.5) is 5.95 Å².